The molecule has 1 rings (SSSR count). The second-order valence-electron chi connectivity index (χ2n) is 3.69. The van der Waals surface area contributed by atoms with Crippen molar-refractivity contribution in [2.45, 2.75) is 32.3 Å². The lowest BCUT2D eigenvalue weighted by molar-refractivity contribution is -0.253. The molecule has 90 valence electrons. The topological polar surface area (TPSA) is 9.23 Å². The maximum absolute atomic E-state index is 12.5. The zero-order valence-electron chi connectivity index (χ0n) is 8.88. The standard InChI is InChI=1S/C11H12F4O/c1-7(2)8-3-5-9(6-4-8)16-11(14,15)10(12)13/h3-7,10H,1-2H3. The van der Waals surface area contributed by atoms with Gasteiger partial charge in [0.1, 0.15) is 5.75 Å². The van der Waals surface area contributed by atoms with Gasteiger partial charge in [-0.15, -0.1) is 0 Å². The number of halogens is 4. The number of ether oxygens (including phenoxy) is 1. The first kappa shape index (κ1) is 12.8. The van der Waals surface area contributed by atoms with E-state index >= 15 is 0 Å². The van der Waals surface area contributed by atoms with Gasteiger partial charge in [-0.1, -0.05) is 26.0 Å². The van der Waals surface area contributed by atoms with Crippen molar-refractivity contribution in [2.75, 3.05) is 0 Å². The summed E-state index contributed by atoms with van der Waals surface area (Å²) in [6.07, 6.45) is -8.28. The van der Waals surface area contributed by atoms with Gasteiger partial charge in [0.05, 0.1) is 0 Å². The highest BCUT2D eigenvalue weighted by molar-refractivity contribution is 5.29. The lowest BCUT2D eigenvalue weighted by Gasteiger charge is -2.17. The Kier molecular flexibility index (Phi) is 3.78. The van der Waals surface area contributed by atoms with Crippen molar-refractivity contribution in [3.8, 4) is 5.75 Å². The van der Waals surface area contributed by atoms with Gasteiger partial charge in [-0.05, 0) is 23.6 Å². The normalized spacial score (nSPS) is 12.2. The Labute approximate surface area is 91.0 Å². The summed E-state index contributed by atoms with van der Waals surface area (Å²) in [4.78, 5) is 0. The summed E-state index contributed by atoms with van der Waals surface area (Å²) < 4.78 is 52.6. The summed E-state index contributed by atoms with van der Waals surface area (Å²) in [5.41, 5.74) is 0.924. The molecular formula is C11H12F4O. The molecule has 0 saturated carbocycles. The highest BCUT2D eigenvalue weighted by atomic mass is 19.3. The van der Waals surface area contributed by atoms with Crippen molar-refractivity contribution < 1.29 is 22.3 Å². The highest BCUT2D eigenvalue weighted by Crippen LogP contribution is 2.28. The van der Waals surface area contributed by atoms with E-state index in [0.29, 0.717) is 0 Å². The van der Waals surface area contributed by atoms with Gasteiger partial charge < -0.3 is 4.74 Å². The van der Waals surface area contributed by atoms with Gasteiger partial charge in [-0.25, -0.2) is 0 Å². The Hall–Kier alpha value is -1.26. The minimum atomic E-state index is -4.45. The molecule has 0 aromatic heterocycles. The molecule has 1 nitrogen and oxygen atoms in total. The Morgan fingerprint density at radius 3 is 1.94 bits per heavy atom. The second-order valence-corrected chi connectivity index (χ2v) is 3.69. The summed E-state index contributed by atoms with van der Waals surface area (Å²) >= 11 is 0. The monoisotopic (exact) mass is 236 g/mol. The largest absolute Gasteiger partial charge is 0.461 e. The van der Waals surface area contributed by atoms with Crippen LogP contribution < -0.4 is 4.74 Å². The summed E-state index contributed by atoms with van der Waals surface area (Å²) in [5, 5.41) is 0. The van der Waals surface area contributed by atoms with Crippen LogP contribution in [-0.2, 0) is 0 Å². The Bertz CT molecular complexity index is 332. The molecule has 5 heteroatoms. The maximum Gasteiger partial charge on any atom is 0.461 e. The molecule has 0 aliphatic carbocycles. The van der Waals surface area contributed by atoms with Gasteiger partial charge in [0, 0.05) is 0 Å². The van der Waals surface area contributed by atoms with Crippen LogP contribution in [-0.4, -0.2) is 12.5 Å². The summed E-state index contributed by atoms with van der Waals surface area (Å²) in [5.74, 6) is -0.0284. The first-order chi connectivity index (χ1) is 7.33. The zero-order chi connectivity index (χ0) is 12.3. The molecule has 0 aliphatic heterocycles. The maximum atomic E-state index is 12.5. The van der Waals surface area contributed by atoms with Crippen LogP contribution in [0, 0.1) is 0 Å². The van der Waals surface area contributed by atoms with E-state index in [-0.39, 0.29) is 11.7 Å². The first-order valence-electron chi connectivity index (χ1n) is 4.78. The van der Waals surface area contributed by atoms with Crippen LogP contribution in [0.15, 0.2) is 24.3 Å². The first-order valence-corrected chi connectivity index (χ1v) is 4.78. The minimum absolute atomic E-state index is 0.240. The molecule has 0 N–H and O–H groups in total. The number of hydrogen-bond donors (Lipinski definition) is 0. The van der Waals surface area contributed by atoms with E-state index in [1.807, 2.05) is 13.8 Å². The molecule has 0 radical (unpaired) electrons. The molecular weight excluding hydrogens is 224 g/mol. The summed E-state index contributed by atoms with van der Waals surface area (Å²) in [6.45, 7) is 3.87. The molecule has 0 unspecified atom stereocenters. The summed E-state index contributed by atoms with van der Waals surface area (Å²) in [7, 11) is 0. The highest BCUT2D eigenvalue weighted by Gasteiger charge is 2.43. The van der Waals surface area contributed by atoms with Crippen molar-refractivity contribution in [3.63, 3.8) is 0 Å². The van der Waals surface area contributed by atoms with E-state index in [9.17, 15) is 17.6 Å². The van der Waals surface area contributed by atoms with Gasteiger partial charge in [0.15, 0.2) is 0 Å². The van der Waals surface area contributed by atoms with Gasteiger partial charge in [0.25, 0.3) is 0 Å². The fourth-order valence-electron chi connectivity index (χ4n) is 1.12. The Morgan fingerprint density at radius 1 is 1.06 bits per heavy atom. The van der Waals surface area contributed by atoms with Crippen LogP contribution in [0.5, 0.6) is 5.75 Å². The van der Waals surface area contributed by atoms with Crippen LogP contribution in [0.2, 0.25) is 0 Å². The molecule has 0 saturated heterocycles. The second kappa shape index (κ2) is 4.72. The average Bonchev–Trinajstić information content (AvgIpc) is 2.17. The third kappa shape index (κ3) is 3.12. The van der Waals surface area contributed by atoms with Crippen LogP contribution >= 0.6 is 0 Å². The molecule has 0 fully saturated rings. The molecule has 0 heterocycles. The fraction of sp³-hybridized carbons (Fsp3) is 0.455. The van der Waals surface area contributed by atoms with Crippen molar-refractivity contribution in [1.82, 2.24) is 0 Å². The van der Waals surface area contributed by atoms with E-state index in [4.69, 9.17) is 0 Å². The SMILES string of the molecule is CC(C)c1ccc(OC(F)(F)C(F)F)cc1. The van der Waals surface area contributed by atoms with E-state index in [1.54, 1.807) is 12.1 Å². The van der Waals surface area contributed by atoms with Crippen molar-refractivity contribution >= 4 is 0 Å². The van der Waals surface area contributed by atoms with E-state index < -0.39 is 12.5 Å². The Morgan fingerprint density at radius 2 is 1.56 bits per heavy atom. The molecule has 1 aromatic carbocycles. The molecule has 16 heavy (non-hydrogen) atoms. The van der Waals surface area contributed by atoms with E-state index in [0.717, 1.165) is 5.56 Å². The molecule has 0 spiro atoms. The predicted octanol–water partition coefficient (Wildman–Crippen LogP) is 4.05. The third-order valence-corrected chi connectivity index (χ3v) is 2.05. The van der Waals surface area contributed by atoms with Crippen molar-refractivity contribution in [2.24, 2.45) is 0 Å². The van der Waals surface area contributed by atoms with Gasteiger partial charge in [-0.2, -0.15) is 17.6 Å². The number of alkyl halides is 4. The minimum Gasteiger partial charge on any atom is -0.428 e. The molecule has 0 bridgehead atoms. The van der Waals surface area contributed by atoms with Gasteiger partial charge in [0.2, 0.25) is 0 Å². The number of rotatable bonds is 4. The van der Waals surface area contributed by atoms with Crippen LogP contribution in [0.4, 0.5) is 17.6 Å². The van der Waals surface area contributed by atoms with Crippen LogP contribution in [0.25, 0.3) is 0 Å². The van der Waals surface area contributed by atoms with Crippen molar-refractivity contribution in [1.29, 1.82) is 0 Å². The smallest absolute Gasteiger partial charge is 0.428 e. The lowest BCUT2D eigenvalue weighted by atomic mass is 10.0. The van der Waals surface area contributed by atoms with Crippen LogP contribution in [0.1, 0.15) is 25.3 Å². The number of hydrogen-bond acceptors (Lipinski definition) is 1. The molecule has 0 amide bonds. The van der Waals surface area contributed by atoms with Crippen LogP contribution in [0.3, 0.4) is 0 Å². The zero-order valence-corrected chi connectivity index (χ0v) is 8.88. The third-order valence-electron chi connectivity index (χ3n) is 2.05. The number of benzene rings is 1. The lowest BCUT2D eigenvalue weighted by Crippen LogP contribution is -2.33. The molecule has 1 aromatic rings. The van der Waals surface area contributed by atoms with Gasteiger partial charge >= 0.3 is 12.5 Å². The fourth-order valence-corrected chi connectivity index (χ4v) is 1.12. The van der Waals surface area contributed by atoms with E-state index in [1.165, 1.54) is 12.1 Å². The van der Waals surface area contributed by atoms with Crippen molar-refractivity contribution in [3.05, 3.63) is 29.8 Å². The molecule has 0 aliphatic rings. The predicted molar refractivity (Wildman–Crippen MR) is 52.1 cm³/mol. The average molecular weight is 236 g/mol. The van der Waals surface area contributed by atoms with E-state index in [2.05, 4.69) is 4.74 Å². The quantitative estimate of drug-likeness (QED) is 0.716. The summed E-state index contributed by atoms with van der Waals surface area (Å²) in [6, 6.07) is 5.65. The van der Waals surface area contributed by atoms with Gasteiger partial charge in [-0.3, -0.25) is 0 Å². The molecule has 0 atom stereocenters. The Balaban J connectivity index is 2.76.